The Morgan fingerprint density at radius 2 is 1.41 bits per heavy atom. The van der Waals surface area contributed by atoms with Gasteiger partial charge in [0.15, 0.2) is 0 Å². The lowest BCUT2D eigenvalue weighted by Crippen LogP contribution is -2.47. The second-order valence-corrected chi connectivity index (χ2v) is 8.62. The summed E-state index contributed by atoms with van der Waals surface area (Å²) in [5.41, 5.74) is -0.372. The maximum Gasteiger partial charge on any atom is 0.311 e. The zero-order chi connectivity index (χ0) is 20.0. The number of likely N-dealkylation sites (tertiary alicyclic amines) is 1. The molecule has 4 nitrogen and oxygen atoms in total. The summed E-state index contributed by atoms with van der Waals surface area (Å²) in [5.74, 6) is -0.0792. The van der Waals surface area contributed by atoms with Gasteiger partial charge < -0.3 is 9.84 Å². The lowest BCUT2D eigenvalue weighted by Gasteiger charge is -2.39. The van der Waals surface area contributed by atoms with Gasteiger partial charge in [-0.25, -0.2) is 0 Å². The fourth-order valence-electron chi connectivity index (χ4n) is 4.00. The third kappa shape index (κ3) is 9.94. The molecule has 0 aromatic heterocycles. The van der Waals surface area contributed by atoms with E-state index in [2.05, 4.69) is 11.8 Å². The van der Waals surface area contributed by atoms with Gasteiger partial charge in [0.05, 0.1) is 12.0 Å². The molecule has 1 atom stereocenters. The number of unbranched alkanes of at least 4 members (excludes halogenated alkanes) is 10. The lowest BCUT2D eigenvalue weighted by atomic mass is 9.80. The average molecular weight is 384 g/mol. The van der Waals surface area contributed by atoms with Crippen molar-refractivity contribution in [3.05, 3.63) is 0 Å². The Kier molecular flexibility index (Phi) is 13.0. The number of nitrogens with zero attached hydrogens (tertiary/aromatic N) is 1. The molecule has 0 aromatic rings. The summed E-state index contributed by atoms with van der Waals surface area (Å²) in [7, 11) is 0. The van der Waals surface area contributed by atoms with Crippen LogP contribution in [0.15, 0.2) is 0 Å². The molecule has 0 saturated carbocycles. The van der Waals surface area contributed by atoms with E-state index in [4.69, 9.17) is 4.74 Å². The van der Waals surface area contributed by atoms with Crippen LogP contribution in [0.4, 0.5) is 0 Å². The van der Waals surface area contributed by atoms with E-state index in [1.54, 1.807) is 0 Å². The maximum absolute atomic E-state index is 12.1. The minimum absolute atomic E-state index is 0.0792. The van der Waals surface area contributed by atoms with E-state index in [-0.39, 0.29) is 17.6 Å². The predicted octanol–water partition coefficient (Wildman–Crippen LogP) is 5.67. The van der Waals surface area contributed by atoms with Gasteiger partial charge in [-0.1, -0.05) is 71.1 Å². The number of aliphatic hydroxyl groups excluding tert-OH is 1. The molecule has 1 aliphatic rings. The molecule has 0 aromatic carbocycles. The first-order valence-electron chi connectivity index (χ1n) is 11.6. The van der Waals surface area contributed by atoms with Crippen molar-refractivity contribution in [3.63, 3.8) is 0 Å². The maximum atomic E-state index is 12.1. The number of ether oxygens (including phenoxy) is 1. The van der Waals surface area contributed by atoms with Gasteiger partial charge in [-0.15, -0.1) is 0 Å². The molecule has 0 aliphatic carbocycles. The van der Waals surface area contributed by atoms with Crippen molar-refractivity contribution in [1.82, 2.24) is 4.90 Å². The van der Waals surface area contributed by atoms with Crippen molar-refractivity contribution in [2.24, 2.45) is 5.41 Å². The largest absolute Gasteiger partial charge is 0.466 e. The molecular formula is C23H45NO3. The van der Waals surface area contributed by atoms with Crippen LogP contribution in [-0.4, -0.2) is 41.9 Å². The van der Waals surface area contributed by atoms with Crippen molar-refractivity contribution < 1.29 is 14.6 Å². The molecule has 1 fully saturated rings. The molecule has 27 heavy (non-hydrogen) atoms. The van der Waals surface area contributed by atoms with Crippen molar-refractivity contribution in [1.29, 1.82) is 0 Å². The smallest absolute Gasteiger partial charge is 0.311 e. The Hall–Kier alpha value is -0.610. The topological polar surface area (TPSA) is 49.8 Å². The SMILES string of the molecule is CCCCCCCCCCCCCC(O)N1CCC(C)(C(=O)OCC)CC1. The highest BCUT2D eigenvalue weighted by molar-refractivity contribution is 5.76. The van der Waals surface area contributed by atoms with Crippen molar-refractivity contribution in [2.45, 2.75) is 117 Å². The van der Waals surface area contributed by atoms with E-state index in [1.807, 2.05) is 13.8 Å². The molecule has 0 bridgehead atoms. The van der Waals surface area contributed by atoms with Crippen LogP contribution in [0.25, 0.3) is 0 Å². The van der Waals surface area contributed by atoms with Gasteiger partial charge in [0.1, 0.15) is 6.23 Å². The van der Waals surface area contributed by atoms with E-state index in [0.717, 1.165) is 38.8 Å². The lowest BCUT2D eigenvalue weighted by molar-refractivity contribution is -0.159. The highest BCUT2D eigenvalue weighted by Crippen LogP contribution is 2.33. The Morgan fingerprint density at radius 1 is 0.926 bits per heavy atom. The Morgan fingerprint density at radius 3 is 1.89 bits per heavy atom. The van der Waals surface area contributed by atoms with Gasteiger partial charge in [0, 0.05) is 13.1 Å². The number of aliphatic hydroxyl groups is 1. The van der Waals surface area contributed by atoms with Gasteiger partial charge in [-0.05, 0) is 39.5 Å². The van der Waals surface area contributed by atoms with E-state index in [0.29, 0.717) is 6.61 Å². The van der Waals surface area contributed by atoms with E-state index in [9.17, 15) is 9.90 Å². The molecule has 160 valence electrons. The van der Waals surface area contributed by atoms with Gasteiger partial charge in [-0.3, -0.25) is 9.69 Å². The zero-order valence-electron chi connectivity index (χ0n) is 18.3. The summed E-state index contributed by atoms with van der Waals surface area (Å²) >= 11 is 0. The molecule has 1 unspecified atom stereocenters. The number of piperidine rings is 1. The molecule has 4 heteroatoms. The number of rotatable bonds is 15. The van der Waals surface area contributed by atoms with Crippen LogP contribution in [0, 0.1) is 5.41 Å². The van der Waals surface area contributed by atoms with E-state index < -0.39 is 0 Å². The summed E-state index contributed by atoms with van der Waals surface area (Å²) in [6.45, 7) is 8.14. The first kappa shape index (κ1) is 24.4. The Balaban J connectivity index is 2.02. The van der Waals surface area contributed by atoms with Crippen LogP contribution in [0.3, 0.4) is 0 Å². The number of carbonyl (C=O) groups is 1. The first-order chi connectivity index (χ1) is 13.0. The van der Waals surface area contributed by atoms with Crippen LogP contribution < -0.4 is 0 Å². The molecule has 1 rings (SSSR count). The molecule has 1 aliphatic heterocycles. The molecular weight excluding hydrogens is 338 g/mol. The molecule has 0 radical (unpaired) electrons. The van der Waals surface area contributed by atoms with Gasteiger partial charge in [0.25, 0.3) is 0 Å². The average Bonchev–Trinajstić information content (AvgIpc) is 2.66. The van der Waals surface area contributed by atoms with Crippen LogP contribution >= 0.6 is 0 Å². The van der Waals surface area contributed by atoms with Gasteiger partial charge >= 0.3 is 5.97 Å². The van der Waals surface area contributed by atoms with Crippen LogP contribution in [0.5, 0.6) is 0 Å². The summed E-state index contributed by atoms with van der Waals surface area (Å²) in [6.07, 6.45) is 16.7. The molecule has 1 N–H and O–H groups in total. The Labute approximate surface area is 168 Å². The third-order valence-corrected chi connectivity index (χ3v) is 6.16. The normalized spacial score (nSPS) is 18.4. The summed E-state index contributed by atoms with van der Waals surface area (Å²) in [6, 6.07) is 0. The number of esters is 1. The quantitative estimate of drug-likeness (QED) is 0.292. The summed E-state index contributed by atoms with van der Waals surface area (Å²) in [5, 5.41) is 10.4. The number of hydrogen-bond acceptors (Lipinski definition) is 4. The second kappa shape index (κ2) is 14.4. The zero-order valence-corrected chi connectivity index (χ0v) is 18.3. The minimum Gasteiger partial charge on any atom is -0.466 e. The highest BCUT2D eigenvalue weighted by Gasteiger charge is 2.39. The molecule has 1 saturated heterocycles. The van der Waals surface area contributed by atoms with Crippen LogP contribution in [0.2, 0.25) is 0 Å². The highest BCUT2D eigenvalue weighted by atomic mass is 16.5. The molecule has 0 spiro atoms. The van der Waals surface area contributed by atoms with Gasteiger partial charge in [0.2, 0.25) is 0 Å². The Bertz CT molecular complexity index is 378. The summed E-state index contributed by atoms with van der Waals surface area (Å²) in [4.78, 5) is 14.2. The second-order valence-electron chi connectivity index (χ2n) is 8.62. The monoisotopic (exact) mass is 383 g/mol. The standard InChI is InChI=1S/C23H45NO3/c1-4-6-7-8-9-10-11-12-13-14-15-16-21(25)24-19-17-23(3,18-20-24)22(26)27-5-2/h21,25H,4-20H2,1-3H3. The van der Waals surface area contributed by atoms with Crippen LogP contribution in [-0.2, 0) is 9.53 Å². The number of hydrogen-bond donors (Lipinski definition) is 1. The third-order valence-electron chi connectivity index (χ3n) is 6.16. The summed E-state index contributed by atoms with van der Waals surface area (Å²) < 4.78 is 5.20. The minimum atomic E-state index is -0.372. The van der Waals surface area contributed by atoms with Crippen LogP contribution in [0.1, 0.15) is 111 Å². The fraction of sp³-hybridized carbons (Fsp3) is 0.957. The molecule has 0 amide bonds. The number of carbonyl (C=O) groups excluding carboxylic acids is 1. The van der Waals surface area contributed by atoms with Crippen molar-refractivity contribution in [2.75, 3.05) is 19.7 Å². The van der Waals surface area contributed by atoms with E-state index in [1.165, 1.54) is 64.2 Å². The van der Waals surface area contributed by atoms with Crippen molar-refractivity contribution in [3.8, 4) is 0 Å². The van der Waals surface area contributed by atoms with Crippen molar-refractivity contribution >= 4 is 5.97 Å². The first-order valence-corrected chi connectivity index (χ1v) is 11.6. The van der Waals surface area contributed by atoms with E-state index >= 15 is 0 Å². The predicted molar refractivity (Wildman–Crippen MR) is 113 cm³/mol. The van der Waals surface area contributed by atoms with Gasteiger partial charge in [-0.2, -0.15) is 0 Å². The molecule has 1 heterocycles. The fourth-order valence-corrected chi connectivity index (χ4v) is 4.00.